The monoisotopic (exact) mass is 376 g/mol. The Morgan fingerprint density at radius 1 is 1.05 bits per heavy atom. The Kier molecular flexibility index (Phi) is 6.40. The molecule has 2 rings (SSSR count). The molecule has 0 amide bonds. The molecule has 0 unspecified atom stereocenters. The zero-order valence-electron chi connectivity index (χ0n) is 11.8. The van der Waals surface area contributed by atoms with Crippen LogP contribution >= 0.6 is 22.6 Å². The summed E-state index contributed by atoms with van der Waals surface area (Å²) in [6.07, 6.45) is 1.16. The zero-order valence-corrected chi connectivity index (χ0v) is 13.9. The average Bonchev–Trinajstić information content (AvgIpc) is 2.46. The van der Waals surface area contributed by atoms with E-state index in [1.54, 1.807) is 9.80 Å². The molecule has 1 aliphatic rings. The smallest absolute Gasteiger partial charge is 0.127 e. The number of hydrogen-bond acceptors (Lipinski definition) is 1. The molecule has 0 radical (unpaired) electrons. The highest BCUT2D eigenvalue weighted by Crippen LogP contribution is 2.13. The van der Waals surface area contributed by atoms with Gasteiger partial charge in [0.15, 0.2) is 0 Å². The molecule has 1 heterocycles. The van der Waals surface area contributed by atoms with Gasteiger partial charge in [0, 0.05) is 9.99 Å². The van der Waals surface area contributed by atoms with Gasteiger partial charge in [0.05, 0.1) is 19.7 Å². The molecule has 0 aliphatic carbocycles. The first-order chi connectivity index (χ1) is 9.28. The van der Waals surface area contributed by atoms with E-state index >= 15 is 0 Å². The Hall–Kier alpha value is -0.330. The molecule has 0 bridgehead atoms. The van der Waals surface area contributed by atoms with E-state index in [9.17, 15) is 0 Å². The lowest BCUT2D eigenvalue weighted by molar-refractivity contribution is -1.01. The van der Waals surface area contributed by atoms with Crippen molar-refractivity contribution in [3.05, 3.63) is 27.8 Å². The van der Waals surface area contributed by atoms with Gasteiger partial charge in [-0.05, 0) is 53.8 Å². The van der Waals surface area contributed by atoms with E-state index in [1.165, 1.54) is 42.8 Å². The standard InChI is InChI=1S/C15H23IN2O/c1-2-17-9-11-18(12-10-17)8-3-13-19-15-6-4-14(16)5-7-15/h4-7H,2-3,8-13H2,1H3/p+2. The number of quaternary nitrogens is 2. The van der Waals surface area contributed by atoms with E-state index in [-0.39, 0.29) is 0 Å². The van der Waals surface area contributed by atoms with Crippen molar-refractivity contribution >= 4 is 22.6 Å². The van der Waals surface area contributed by atoms with Crippen molar-refractivity contribution in [2.24, 2.45) is 0 Å². The van der Waals surface area contributed by atoms with E-state index in [0.29, 0.717) is 0 Å². The van der Waals surface area contributed by atoms with Gasteiger partial charge in [0.2, 0.25) is 0 Å². The minimum atomic E-state index is 0.842. The lowest BCUT2D eigenvalue weighted by atomic mass is 10.3. The molecule has 4 heteroatoms. The summed E-state index contributed by atoms with van der Waals surface area (Å²) in [5, 5.41) is 0. The van der Waals surface area contributed by atoms with E-state index in [2.05, 4.69) is 53.8 Å². The van der Waals surface area contributed by atoms with Crippen LogP contribution in [-0.4, -0.2) is 45.9 Å². The summed E-state index contributed by atoms with van der Waals surface area (Å²) < 4.78 is 7.03. The summed E-state index contributed by atoms with van der Waals surface area (Å²) in [6.45, 7) is 11.0. The molecule has 1 fully saturated rings. The highest BCUT2D eigenvalue weighted by atomic mass is 127. The van der Waals surface area contributed by atoms with Crippen molar-refractivity contribution in [1.82, 2.24) is 0 Å². The number of ether oxygens (including phenoxy) is 1. The number of halogens is 1. The van der Waals surface area contributed by atoms with E-state index in [1.807, 2.05) is 0 Å². The highest BCUT2D eigenvalue weighted by Gasteiger charge is 2.20. The molecule has 1 aromatic carbocycles. The first-order valence-corrected chi connectivity index (χ1v) is 8.41. The largest absolute Gasteiger partial charge is 0.493 e. The molecule has 0 aromatic heterocycles. The molecule has 0 atom stereocenters. The van der Waals surface area contributed by atoms with Gasteiger partial charge in [-0.25, -0.2) is 0 Å². The fourth-order valence-electron chi connectivity index (χ4n) is 2.60. The minimum Gasteiger partial charge on any atom is -0.493 e. The van der Waals surface area contributed by atoms with Crippen molar-refractivity contribution in [1.29, 1.82) is 0 Å². The van der Waals surface area contributed by atoms with Crippen molar-refractivity contribution in [3.63, 3.8) is 0 Å². The third-order valence-electron chi connectivity index (χ3n) is 3.92. The van der Waals surface area contributed by atoms with Gasteiger partial charge in [0.25, 0.3) is 0 Å². The van der Waals surface area contributed by atoms with Gasteiger partial charge >= 0.3 is 0 Å². The first kappa shape index (κ1) is 15.1. The normalized spacial score (nSPS) is 23.3. The summed E-state index contributed by atoms with van der Waals surface area (Å²) in [5.74, 6) is 0.996. The second-order valence-corrected chi connectivity index (χ2v) is 6.51. The number of likely N-dealkylation sites (N-methyl/N-ethyl adjacent to an activating group) is 1. The second-order valence-electron chi connectivity index (χ2n) is 5.26. The second kappa shape index (κ2) is 8.07. The summed E-state index contributed by atoms with van der Waals surface area (Å²) in [5.41, 5.74) is 0. The van der Waals surface area contributed by atoms with E-state index in [4.69, 9.17) is 4.74 Å². The van der Waals surface area contributed by atoms with Crippen LogP contribution in [0.15, 0.2) is 24.3 Å². The number of nitrogens with one attached hydrogen (secondary N) is 2. The molecular formula is C15H25IN2O+2. The first-order valence-electron chi connectivity index (χ1n) is 7.33. The molecular weight excluding hydrogens is 351 g/mol. The Morgan fingerprint density at radius 2 is 1.68 bits per heavy atom. The molecule has 1 saturated heterocycles. The van der Waals surface area contributed by atoms with E-state index < -0.39 is 0 Å². The third-order valence-corrected chi connectivity index (χ3v) is 4.64. The predicted molar refractivity (Wildman–Crippen MR) is 86.1 cm³/mol. The van der Waals surface area contributed by atoms with Crippen LogP contribution in [-0.2, 0) is 0 Å². The molecule has 2 N–H and O–H groups in total. The van der Waals surface area contributed by atoms with Gasteiger partial charge in [-0.1, -0.05) is 0 Å². The maximum absolute atomic E-state index is 5.77. The number of rotatable bonds is 6. The molecule has 106 valence electrons. The number of hydrogen-bond donors (Lipinski definition) is 2. The van der Waals surface area contributed by atoms with Gasteiger partial charge < -0.3 is 14.5 Å². The van der Waals surface area contributed by atoms with Crippen LogP contribution in [0.1, 0.15) is 13.3 Å². The predicted octanol–water partition coefficient (Wildman–Crippen LogP) is -0.137. The highest BCUT2D eigenvalue weighted by molar-refractivity contribution is 14.1. The van der Waals surface area contributed by atoms with Gasteiger partial charge in [-0.15, -0.1) is 0 Å². The minimum absolute atomic E-state index is 0.842. The summed E-state index contributed by atoms with van der Waals surface area (Å²) in [4.78, 5) is 3.52. The quantitative estimate of drug-likeness (QED) is 0.523. The van der Waals surface area contributed by atoms with Crippen LogP contribution < -0.4 is 14.5 Å². The van der Waals surface area contributed by atoms with Crippen molar-refractivity contribution < 1.29 is 14.5 Å². The van der Waals surface area contributed by atoms with Crippen LogP contribution in [0.5, 0.6) is 5.75 Å². The number of piperazine rings is 1. The Bertz CT molecular complexity index is 361. The van der Waals surface area contributed by atoms with E-state index in [0.717, 1.165) is 18.8 Å². The molecule has 1 aliphatic heterocycles. The topological polar surface area (TPSA) is 18.1 Å². The van der Waals surface area contributed by atoms with Crippen molar-refractivity contribution in [2.75, 3.05) is 45.9 Å². The maximum Gasteiger partial charge on any atom is 0.127 e. The fourth-order valence-corrected chi connectivity index (χ4v) is 2.96. The van der Waals surface area contributed by atoms with Crippen molar-refractivity contribution in [2.45, 2.75) is 13.3 Å². The molecule has 3 nitrogen and oxygen atoms in total. The molecule has 0 spiro atoms. The van der Waals surface area contributed by atoms with Gasteiger partial charge in [-0.2, -0.15) is 0 Å². The molecule has 0 saturated carbocycles. The fraction of sp³-hybridized carbons (Fsp3) is 0.600. The lowest BCUT2D eigenvalue weighted by Crippen LogP contribution is -3.28. The molecule has 1 aromatic rings. The lowest BCUT2D eigenvalue weighted by Gasteiger charge is -2.28. The van der Waals surface area contributed by atoms with Crippen LogP contribution in [0.4, 0.5) is 0 Å². The molecule has 19 heavy (non-hydrogen) atoms. The third kappa shape index (κ3) is 5.28. The van der Waals surface area contributed by atoms with Crippen LogP contribution in [0.2, 0.25) is 0 Å². The SMILES string of the molecule is CC[NH+]1CC[NH+](CCCOc2ccc(I)cc2)CC1. The van der Waals surface area contributed by atoms with Crippen LogP contribution in [0.25, 0.3) is 0 Å². The summed E-state index contributed by atoms with van der Waals surface area (Å²) in [6, 6.07) is 8.29. The Labute approximate surface area is 130 Å². The van der Waals surface area contributed by atoms with Gasteiger partial charge in [-0.3, -0.25) is 0 Å². The van der Waals surface area contributed by atoms with Crippen molar-refractivity contribution in [3.8, 4) is 5.75 Å². The van der Waals surface area contributed by atoms with Crippen LogP contribution in [0, 0.1) is 3.57 Å². The maximum atomic E-state index is 5.77. The Balaban J connectivity index is 1.58. The zero-order chi connectivity index (χ0) is 13.5. The summed E-state index contributed by atoms with van der Waals surface area (Å²) >= 11 is 2.31. The average molecular weight is 376 g/mol. The van der Waals surface area contributed by atoms with Gasteiger partial charge in [0.1, 0.15) is 31.9 Å². The number of benzene rings is 1. The Morgan fingerprint density at radius 3 is 2.32 bits per heavy atom. The van der Waals surface area contributed by atoms with Crippen LogP contribution in [0.3, 0.4) is 0 Å². The summed E-state index contributed by atoms with van der Waals surface area (Å²) in [7, 11) is 0.